The molecule has 106 valence electrons. The van der Waals surface area contributed by atoms with E-state index in [1.54, 1.807) is 6.07 Å². The van der Waals surface area contributed by atoms with E-state index in [9.17, 15) is 4.39 Å². The van der Waals surface area contributed by atoms with Crippen molar-refractivity contribution in [3.8, 4) is 0 Å². The Kier molecular flexibility index (Phi) is 4.46. The van der Waals surface area contributed by atoms with Gasteiger partial charge in [0.15, 0.2) is 0 Å². The quantitative estimate of drug-likeness (QED) is 0.907. The fraction of sp³-hybridized carbons (Fsp3) is 0.625. The zero-order chi connectivity index (χ0) is 13.9. The number of halogens is 1. The second kappa shape index (κ2) is 5.91. The van der Waals surface area contributed by atoms with Crippen molar-refractivity contribution in [1.82, 2.24) is 0 Å². The Morgan fingerprint density at radius 3 is 2.74 bits per heavy atom. The summed E-state index contributed by atoms with van der Waals surface area (Å²) in [5.74, 6) is -0.106. The van der Waals surface area contributed by atoms with Crippen molar-refractivity contribution in [1.29, 1.82) is 0 Å². The van der Waals surface area contributed by atoms with Crippen LogP contribution in [0.4, 0.5) is 10.1 Å². The van der Waals surface area contributed by atoms with E-state index < -0.39 is 0 Å². The Morgan fingerprint density at radius 2 is 2.05 bits per heavy atom. The number of nitrogens with two attached hydrogens (primary N) is 1. The summed E-state index contributed by atoms with van der Waals surface area (Å²) >= 11 is 0. The fourth-order valence-corrected chi connectivity index (χ4v) is 2.79. The largest absolute Gasteiger partial charge is 0.369 e. The van der Waals surface area contributed by atoms with Crippen LogP contribution in [0.25, 0.3) is 0 Å². The van der Waals surface area contributed by atoms with Crippen LogP contribution in [-0.2, 0) is 6.42 Å². The van der Waals surface area contributed by atoms with Crippen LogP contribution in [0.3, 0.4) is 0 Å². The van der Waals surface area contributed by atoms with Crippen molar-refractivity contribution in [2.24, 2.45) is 11.1 Å². The standard InChI is InChI=1S/C16H25FN2/c1-16(2)7-3-10-19(11-8-16)15-5-4-13(6-9-18)12-14(15)17/h4-5,12H,3,6-11,18H2,1-2H3. The molecule has 1 aliphatic rings. The lowest BCUT2D eigenvalue weighted by molar-refractivity contribution is 0.325. The summed E-state index contributed by atoms with van der Waals surface area (Å²) in [6, 6.07) is 5.55. The summed E-state index contributed by atoms with van der Waals surface area (Å²) in [5, 5.41) is 0. The zero-order valence-corrected chi connectivity index (χ0v) is 12.1. The molecule has 1 aliphatic heterocycles. The third kappa shape index (κ3) is 3.69. The van der Waals surface area contributed by atoms with Gasteiger partial charge in [-0.1, -0.05) is 19.9 Å². The molecule has 2 N–H and O–H groups in total. The molecule has 1 aromatic carbocycles. The number of nitrogens with zero attached hydrogens (tertiary/aromatic N) is 1. The van der Waals surface area contributed by atoms with Gasteiger partial charge in [-0.2, -0.15) is 0 Å². The smallest absolute Gasteiger partial charge is 0.146 e. The zero-order valence-electron chi connectivity index (χ0n) is 12.1. The van der Waals surface area contributed by atoms with E-state index in [0.717, 1.165) is 43.6 Å². The molecule has 1 heterocycles. The maximum atomic E-state index is 14.2. The van der Waals surface area contributed by atoms with E-state index in [0.29, 0.717) is 12.0 Å². The SMILES string of the molecule is CC1(C)CCCN(c2ccc(CCN)cc2F)CC1. The summed E-state index contributed by atoms with van der Waals surface area (Å²) in [7, 11) is 0. The molecule has 19 heavy (non-hydrogen) atoms. The molecule has 0 saturated carbocycles. The predicted octanol–water partition coefficient (Wildman–Crippen LogP) is 3.34. The molecule has 0 aliphatic carbocycles. The molecule has 0 bridgehead atoms. The lowest BCUT2D eigenvalue weighted by atomic mass is 9.85. The normalized spacial score (nSPS) is 19.3. The minimum atomic E-state index is -0.106. The average Bonchev–Trinajstić information content (AvgIpc) is 2.51. The second-order valence-electron chi connectivity index (χ2n) is 6.33. The van der Waals surface area contributed by atoms with Gasteiger partial charge in [0.25, 0.3) is 0 Å². The average molecular weight is 264 g/mol. The molecule has 1 aromatic rings. The predicted molar refractivity (Wildman–Crippen MR) is 79.0 cm³/mol. The lowest BCUT2D eigenvalue weighted by Crippen LogP contribution is -2.26. The first-order valence-electron chi connectivity index (χ1n) is 7.25. The summed E-state index contributed by atoms with van der Waals surface area (Å²) in [6.07, 6.45) is 4.22. The first-order valence-corrected chi connectivity index (χ1v) is 7.25. The van der Waals surface area contributed by atoms with Gasteiger partial charge in [0.1, 0.15) is 5.82 Å². The maximum Gasteiger partial charge on any atom is 0.146 e. The van der Waals surface area contributed by atoms with Crippen LogP contribution in [0.2, 0.25) is 0 Å². The van der Waals surface area contributed by atoms with Crippen molar-refractivity contribution in [2.45, 2.75) is 39.5 Å². The molecule has 0 amide bonds. The molecule has 0 spiro atoms. The van der Waals surface area contributed by atoms with Gasteiger partial charge in [-0.15, -0.1) is 0 Å². The number of benzene rings is 1. The molecule has 2 nitrogen and oxygen atoms in total. The van der Waals surface area contributed by atoms with Crippen molar-refractivity contribution in [3.63, 3.8) is 0 Å². The first-order chi connectivity index (χ1) is 9.02. The molecular weight excluding hydrogens is 239 g/mol. The van der Waals surface area contributed by atoms with Gasteiger partial charge < -0.3 is 10.6 Å². The number of hydrogen-bond acceptors (Lipinski definition) is 2. The maximum absolute atomic E-state index is 14.2. The van der Waals surface area contributed by atoms with E-state index in [1.807, 2.05) is 12.1 Å². The van der Waals surface area contributed by atoms with E-state index in [-0.39, 0.29) is 5.82 Å². The minimum Gasteiger partial charge on any atom is -0.369 e. The Balaban J connectivity index is 2.13. The van der Waals surface area contributed by atoms with E-state index in [1.165, 1.54) is 6.42 Å². The van der Waals surface area contributed by atoms with Crippen molar-refractivity contribution >= 4 is 5.69 Å². The first kappa shape index (κ1) is 14.3. The van der Waals surface area contributed by atoms with E-state index >= 15 is 0 Å². The van der Waals surface area contributed by atoms with Crippen LogP contribution >= 0.6 is 0 Å². The molecule has 0 unspecified atom stereocenters. The van der Waals surface area contributed by atoms with Gasteiger partial charge in [-0.3, -0.25) is 0 Å². The second-order valence-corrected chi connectivity index (χ2v) is 6.33. The number of rotatable bonds is 3. The van der Waals surface area contributed by atoms with Crippen molar-refractivity contribution in [3.05, 3.63) is 29.6 Å². The Bertz CT molecular complexity index is 429. The molecule has 1 saturated heterocycles. The van der Waals surface area contributed by atoms with Crippen LogP contribution in [0.1, 0.15) is 38.7 Å². The monoisotopic (exact) mass is 264 g/mol. The molecule has 0 atom stereocenters. The summed E-state index contributed by atoms with van der Waals surface area (Å²) in [6.45, 7) is 7.07. The fourth-order valence-electron chi connectivity index (χ4n) is 2.79. The minimum absolute atomic E-state index is 0.106. The van der Waals surface area contributed by atoms with Gasteiger partial charge in [-0.25, -0.2) is 4.39 Å². The topological polar surface area (TPSA) is 29.3 Å². The lowest BCUT2D eigenvalue weighted by Gasteiger charge is -2.25. The van der Waals surface area contributed by atoms with Crippen LogP contribution in [0, 0.1) is 11.2 Å². The highest BCUT2D eigenvalue weighted by Gasteiger charge is 2.24. The van der Waals surface area contributed by atoms with Gasteiger partial charge in [0.2, 0.25) is 0 Å². The summed E-state index contributed by atoms with van der Waals surface area (Å²) in [5.41, 5.74) is 7.62. The molecular formula is C16H25FN2. The van der Waals surface area contributed by atoms with Gasteiger partial charge in [0.05, 0.1) is 5.69 Å². The molecule has 0 aromatic heterocycles. The van der Waals surface area contributed by atoms with E-state index in [2.05, 4.69) is 18.7 Å². The molecule has 0 radical (unpaired) electrons. The van der Waals surface area contributed by atoms with E-state index in [4.69, 9.17) is 5.73 Å². The highest BCUT2D eigenvalue weighted by atomic mass is 19.1. The third-order valence-electron chi connectivity index (χ3n) is 4.13. The summed E-state index contributed by atoms with van der Waals surface area (Å²) in [4.78, 5) is 2.19. The highest BCUT2D eigenvalue weighted by molar-refractivity contribution is 5.49. The van der Waals surface area contributed by atoms with Crippen LogP contribution in [-0.4, -0.2) is 19.6 Å². The Morgan fingerprint density at radius 1 is 1.26 bits per heavy atom. The molecule has 3 heteroatoms. The van der Waals surface area contributed by atoms with Crippen LogP contribution in [0.15, 0.2) is 18.2 Å². The molecule has 2 rings (SSSR count). The number of anilines is 1. The van der Waals surface area contributed by atoms with Crippen LogP contribution in [0.5, 0.6) is 0 Å². The summed E-state index contributed by atoms with van der Waals surface area (Å²) < 4.78 is 14.2. The molecule has 1 fully saturated rings. The van der Waals surface area contributed by atoms with Gasteiger partial charge in [0, 0.05) is 13.1 Å². The van der Waals surface area contributed by atoms with Gasteiger partial charge >= 0.3 is 0 Å². The van der Waals surface area contributed by atoms with Crippen LogP contribution < -0.4 is 10.6 Å². The van der Waals surface area contributed by atoms with Crippen molar-refractivity contribution < 1.29 is 4.39 Å². The number of hydrogen-bond donors (Lipinski definition) is 1. The third-order valence-corrected chi connectivity index (χ3v) is 4.13. The Labute approximate surface area is 115 Å². The Hall–Kier alpha value is -1.09. The highest BCUT2D eigenvalue weighted by Crippen LogP contribution is 2.32. The van der Waals surface area contributed by atoms with Gasteiger partial charge in [-0.05, 0) is 55.3 Å². The van der Waals surface area contributed by atoms with Crippen molar-refractivity contribution in [2.75, 3.05) is 24.5 Å².